The molecule has 0 saturated heterocycles. The van der Waals surface area contributed by atoms with Crippen molar-refractivity contribution in [1.82, 2.24) is 5.32 Å². The molecule has 8 nitrogen and oxygen atoms in total. The van der Waals surface area contributed by atoms with Gasteiger partial charge in [-0.2, -0.15) is 0 Å². The second kappa shape index (κ2) is 10.2. The highest BCUT2D eigenvalue weighted by Gasteiger charge is 2.17. The maximum absolute atomic E-state index is 11.8. The molecule has 0 radical (unpaired) electrons. The van der Waals surface area contributed by atoms with Crippen LogP contribution in [0.5, 0.6) is 0 Å². The summed E-state index contributed by atoms with van der Waals surface area (Å²) in [6.45, 7) is -0.292. The van der Waals surface area contributed by atoms with Gasteiger partial charge in [0.25, 0.3) is 5.91 Å². The molecule has 1 fully saturated rings. The van der Waals surface area contributed by atoms with Crippen LogP contribution in [0.3, 0.4) is 0 Å². The van der Waals surface area contributed by atoms with E-state index in [0.717, 1.165) is 36.9 Å². The van der Waals surface area contributed by atoms with Crippen molar-refractivity contribution >= 4 is 39.4 Å². The lowest BCUT2D eigenvalue weighted by Crippen LogP contribution is -2.35. The molecule has 2 aromatic carbocycles. The van der Waals surface area contributed by atoms with E-state index in [1.807, 2.05) is 0 Å². The van der Waals surface area contributed by atoms with E-state index < -0.39 is 16.0 Å². The van der Waals surface area contributed by atoms with Crippen LogP contribution in [0.2, 0.25) is 0 Å². The molecule has 1 aliphatic rings. The van der Waals surface area contributed by atoms with Crippen LogP contribution in [-0.4, -0.2) is 32.9 Å². The summed E-state index contributed by atoms with van der Waals surface area (Å²) in [6.07, 6.45) is 7.03. The second-order valence-electron chi connectivity index (χ2n) is 7.31. The fraction of sp³-hybridized carbons (Fsp3) is 0.273. The molecule has 0 spiro atoms. The summed E-state index contributed by atoms with van der Waals surface area (Å²) in [4.78, 5) is 23.6. The number of amides is 1. The summed E-state index contributed by atoms with van der Waals surface area (Å²) in [6, 6.07) is 13.5. The van der Waals surface area contributed by atoms with Gasteiger partial charge in [-0.05, 0) is 54.8 Å². The van der Waals surface area contributed by atoms with Crippen LogP contribution in [0.1, 0.15) is 31.2 Å². The highest BCUT2D eigenvalue weighted by Crippen LogP contribution is 2.20. The molecule has 2 aromatic rings. The first-order valence-corrected chi connectivity index (χ1v) is 11.5. The number of hydrogen-bond acceptors (Lipinski definition) is 6. The minimum absolute atomic E-state index is 0.0208. The van der Waals surface area contributed by atoms with E-state index in [9.17, 15) is 18.0 Å². The van der Waals surface area contributed by atoms with E-state index in [0.29, 0.717) is 5.69 Å². The monoisotopic (exact) mass is 443 g/mol. The molecule has 0 heterocycles. The van der Waals surface area contributed by atoms with Crippen LogP contribution < -0.4 is 15.8 Å². The first kappa shape index (κ1) is 22.5. The SMILES string of the molecule is NS(=O)(=O)c1cccc(Nc2ccc(/C=C/C(=O)OCC(=O)NC3CCCC3)cc2)c1. The Morgan fingerprint density at radius 3 is 2.45 bits per heavy atom. The van der Waals surface area contributed by atoms with Gasteiger partial charge in [-0.15, -0.1) is 0 Å². The molecule has 0 atom stereocenters. The zero-order valence-electron chi connectivity index (χ0n) is 16.9. The molecule has 164 valence electrons. The zero-order valence-corrected chi connectivity index (χ0v) is 17.7. The lowest BCUT2D eigenvalue weighted by atomic mass is 10.2. The molecule has 0 aromatic heterocycles. The maximum atomic E-state index is 11.8. The standard InChI is InChI=1S/C22H25N3O5S/c23-31(28,29)20-7-3-6-19(14-20)24-18-11-8-16(9-12-18)10-13-22(27)30-15-21(26)25-17-4-1-2-5-17/h3,6-14,17,24H,1-2,4-5,15H2,(H,25,26)(H2,23,28,29)/b13-10+. The number of anilines is 2. The summed E-state index contributed by atoms with van der Waals surface area (Å²) >= 11 is 0. The Bertz CT molecular complexity index is 1060. The number of ether oxygens (including phenoxy) is 1. The summed E-state index contributed by atoms with van der Waals surface area (Å²) < 4.78 is 27.9. The van der Waals surface area contributed by atoms with Gasteiger partial charge in [0.15, 0.2) is 6.61 Å². The third-order valence-corrected chi connectivity index (χ3v) is 5.75. The Morgan fingerprint density at radius 2 is 1.77 bits per heavy atom. The van der Waals surface area contributed by atoms with Crippen molar-refractivity contribution in [2.45, 2.75) is 36.6 Å². The molecule has 3 rings (SSSR count). The van der Waals surface area contributed by atoms with Gasteiger partial charge in [0, 0.05) is 23.5 Å². The van der Waals surface area contributed by atoms with Gasteiger partial charge in [-0.3, -0.25) is 4.79 Å². The quantitative estimate of drug-likeness (QED) is 0.425. The molecule has 0 aliphatic heterocycles. The molecule has 1 saturated carbocycles. The summed E-state index contributed by atoms with van der Waals surface area (Å²) in [5, 5.41) is 11.1. The minimum Gasteiger partial charge on any atom is -0.452 e. The summed E-state index contributed by atoms with van der Waals surface area (Å²) in [5.41, 5.74) is 2.07. The van der Waals surface area contributed by atoms with Gasteiger partial charge in [0.2, 0.25) is 10.0 Å². The van der Waals surface area contributed by atoms with Gasteiger partial charge in [0.1, 0.15) is 0 Å². The van der Waals surface area contributed by atoms with Crippen molar-refractivity contribution in [3.63, 3.8) is 0 Å². The van der Waals surface area contributed by atoms with Crippen LogP contribution in [0.4, 0.5) is 11.4 Å². The second-order valence-corrected chi connectivity index (χ2v) is 8.87. The highest BCUT2D eigenvalue weighted by atomic mass is 32.2. The number of carbonyl (C=O) groups is 2. The van der Waals surface area contributed by atoms with Crippen LogP contribution in [-0.2, 0) is 24.3 Å². The first-order valence-electron chi connectivity index (χ1n) is 9.94. The Morgan fingerprint density at radius 1 is 1.06 bits per heavy atom. The smallest absolute Gasteiger partial charge is 0.331 e. The Hall–Kier alpha value is -3.17. The maximum Gasteiger partial charge on any atom is 0.331 e. The normalized spacial score (nSPS) is 14.5. The number of esters is 1. The third kappa shape index (κ3) is 7.23. The van der Waals surface area contributed by atoms with Crippen molar-refractivity contribution in [3.8, 4) is 0 Å². The van der Waals surface area contributed by atoms with Crippen molar-refractivity contribution in [1.29, 1.82) is 0 Å². The van der Waals surface area contributed by atoms with E-state index in [2.05, 4.69) is 10.6 Å². The van der Waals surface area contributed by atoms with E-state index in [-0.39, 0.29) is 23.5 Å². The first-order chi connectivity index (χ1) is 14.8. The van der Waals surface area contributed by atoms with E-state index >= 15 is 0 Å². The topological polar surface area (TPSA) is 128 Å². The van der Waals surface area contributed by atoms with Gasteiger partial charge in [-0.1, -0.05) is 31.0 Å². The lowest BCUT2D eigenvalue weighted by molar-refractivity contribution is -0.144. The molecular formula is C22H25N3O5S. The number of nitrogens with one attached hydrogen (secondary N) is 2. The number of primary sulfonamides is 1. The van der Waals surface area contributed by atoms with Crippen molar-refractivity contribution in [2.75, 3.05) is 11.9 Å². The van der Waals surface area contributed by atoms with Gasteiger partial charge < -0.3 is 15.4 Å². The number of rotatable bonds is 8. The average molecular weight is 444 g/mol. The number of benzene rings is 2. The minimum atomic E-state index is -3.77. The van der Waals surface area contributed by atoms with E-state index in [4.69, 9.17) is 9.88 Å². The summed E-state index contributed by atoms with van der Waals surface area (Å²) in [7, 11) is -3.77. The predicted molar refractivity (Wildman–Crippen MR) is 118 cm³/mol. The van der Waals surface area contributed by atoms with Crippen molar-refractivity contribution in [2.24, 2.45) is 5.14 Å². The zero-order chi connectivity index (χ0) is 22.3. The van der Waals surface area contributed by atoms with Crippen LogP contribution in [0.25, 0.3) is 6.08 Å². The number of carbonyl (C=O) groups excluding carboxylic acids is 2. The van der Waals surface area contributed by atoms with E-state index in [1.54, 1.807) is 42.5 Å². The van der Waals surface area contributed by atoms with Crippen molar-refractivity contribution in [3.05, 3.63) is 60.2 Å². The highest BCUT2D eigenvalue weighted by molar-refractivity contribution is 7.89. The Labute approximate surface area is 181 Å². The molecule has 4 N–H and O–H groups in total. The van der Waals surface area contributed by atoms with Gasteiger partial charge >= 0.3 is 5.97 Å². The Balaban J connectivity index is 1.49. The largest absolute Gasteiger partial charge is 0.452 e. The predicted octanol–water partition coefficient (Wildman–Crippen LogP) is 2.69. The van der Waals surface area contributed by atoms with Crippen LogP contribution in [0, 0.1) is 0 Å². The molecule has 1 aliphatic carbocycles. The average Bonchev–Trinajstić information content (AvgIpc) is 3.24. The molecule has 9 heteroatoms. The number of nitrogens with two attached hydrogens (primary N) is 1. The fourth-order valence-electron chi connectivity index (χ4n) is 3.28. The fourth-order valence-corrected chi connectivity index (χ4v) is 3.84. The summed E-state index contributed by atoms with van der Waals surface area (Å²) in [5.74, 6) is -0.876. The van der Waals surface area contributed by atoms with E-state index in [1.165, 1.54) is 18.2 Å². The molecular weight excluding hydrogens is 418 g/mol. The lowest BCUT2D eigenvalue weighted by Gasteiger charge is -2.11. The van der Waals surface area contributed by atoms with Crippen LogP contribution in [0.15, 0.2) is 59.5 Å². The number of hydrogen-bond donors (Lipinski definition) is 3. The Kier molecular flexibility index (Phi) is 7.43. The molecule has 31 heavy (non-hydrogen) atoms. The molecule has 0 unspecified atom stereocenters. The van der Waals surface area contributed by atoms with Crippen molar-refractivity contribution < 1.29 is 22.7 Å². The van der Waals surface area contributed by atoms with Gasteiger partial charge in [-0.25, -0.2) is 18.4 Å². The number of sulfonamides is 1. The molecule has 1 amide bonds. The molecule has 0 bridgehead atoms. The van der Waals surface area contributed by atoms with Crippen LogP contribution >= 0.6 is 0 Å². The third-order valence-electron chi connectivity index (χ3n) is 4.84. The van der Waals surface area contributed by atoms with Gasteiger partial charge in [0.05, 0.1) is 4.90 Å².